The number of ketones is 1. The number of ether oxygens (including phenoxy) is 3. The van der Waals surface area contributed by atoms with E-state index in [4.69, 9.17) is 19.5 Å². The van der Waals surface area contributed by atoms with Crippen LogP contribution in [0.2, 0.25) is 0 Å². The number of rotatable bonds is 14. The van der Waals surface area contributed by atoms with Gasteiger partial charge in [0.2, 0.25) is 5.91 Å². The van der Waals surface area contributed by atoms with Crippen LogP contribution in [-0.4, -0.2) is 51.9 Å². The first-order valence-corrected chi connectivity index (χ1v) is 14.5. The highest BCUT2D eigenvalue weighted by Crippen LogP contribution is 2.29. The first kappa shape index (κ1) is 39.3. The average molecular weight is 603 g/mol. The Balaban J connectivity index is 0.00000862. The van der Waals surface area contributed by atoms with Crippen LogP contribution in [0.3, 0.4) is 0 Å². The molecule has 10 heteroatoms. The van der Waals surface area contributed by atoms with Gasteiger partial charge < -0.3 is 19.5 Å². The largest absolute Gasteiger partial charge is 0.460 e. The van der Waals surface area contributed by atoms with Crippen LogP contribution >= 0.6 is 0 Å². The number of Topliss-reactive ketones (excluding diaryl/α,β-unsaturated/α-hetero) is 1. The molecule has 0 heterocycles. The van der Waals surface area contributed by atoms with Gasteiger partial charge in [-0.2, -0.15) is 0 Å². The van der Waals surface area contributed by atoms with Crippen LogP contribution in [0.15, 0.2) is 30.3 Å². The number of nitriles is 1. The van der Waals surface area contributed by atoms with Crippen molar-refractivity contribution in [3.8, 4) is 6.57 Å². The van der Waals surface area contributed by atoms with Crippen LogP contribution in [0.5, 0.6) is 0 Å². The Bertz CT molecular complexity index is 1010. The number of benzene rings is 1. The monoisotopic (exact) mass is 602 g/mol. The van der Waals surface area contributed by atoms with Gasteiger partial charge in [0.05, 0.1) is 0 Å². The zero-order chi connectivity index (χ0) is 33.5. The third-order valence-electron chi connectivity index (χ3n) is 5.76. The van der Waals surface area contributed by atoms with Gasteiger partial charge in [0.25, 0.3) is 0 Å². The topological polar surface area (TPSA) is 149 Å². The van der Waals surface area contributed by atoms with Gasteiger partial charge in [-0.3, -0.25) is 24.0 Å². The summed E-state index contributed by atoms with van der Waals surface area (Å²) in [5, 5.41) is 9.48. The number of nitrogens with zero attached hydrogens (tertiary/aromatic N) is 1. The zero-order valence-corrected chi connectivity index (χ0v) is 27.3. The molecule has 1 N–H and O–H groups in total. The van der Waals surface area contributed by atoms with Gasteiger partial charge in [0.1, 0.15) is 16.8 Å². The minimum Gasteiger partial charge on any atom is -0.460 e. The number of amides is 1. The molecule has 10 nitrogen and oxygen atoms in total. The highest BCUT2D eigenvalue weighted by molar-refractivity contribution is 5.98. The van der Waals surface area contributed by atoms with Crippen molar-refractivity contribution in [2.45, 2.75) is 136 Å². The van der Waals surface area contributed by atoms with Gasteiger partial charge in [-0.05, 0) is 81.6 Å². The first-order valence-electron chi connectivity index (χ1n) is 14.5. The lowest BCUT2D eigenvalue weighted by Crippen LogP contribution is -2.50. The van der Waals surface area contributed by atoms with Crippen molar-refractivity contribution in [1.82, 2.24) is 5.32 Å². The third-order valence-corrected chi connectivity index (χ3v) is 5.76. The molecule has 0 saturated carbocycles. The minimum atomic E-state index is -1.13. The molecule has 43 heavy (non-hydrogen) atoms. The van der Waals surface area contributed by atoms with Gasteiger partial charge in [0, 0.05) is 49.8 Å². The van der Waals surface area contributed by atoms with Crippen molar-refractivity contribution in [2.75, 3.05) is 0 Å². The molecule has 0 aliphatic heterocycles. The minimum absolute atomic E-state index is 0.0177. The number of nitrogens with one attached hydrogen (secondary N) is 1. The molecule has 0 radical (unpaired) electrons. The standard InChI is InChI=1S/C32H49NO8.CHN/c1-29(2,3)39-26(36)17-20-32(21-18-27(37)40-30(4,5)6,22-19-28(38)41-31(7,8)9)33-25(35)16-15-24(34)23-13-11-10-12-14-23;1-2/h10-14H,15-22H2,1-9H3,(H,33,35);1H. The second-order valence-electron chi connectivity index (χ2n) is 13.4. The fourth-order valence-electron chi connectivity index (χ4n) is 4.12. The molecule has 0 unspecified atom stereocenters. The summed E-state index contributed by atoms with van der Waals surface area (Å²) in [7, 11) is 0. The summed E-state index contributed by atoms with van der Waals surface area (Å²) in [6, 6.07) is 8.68. The van der Waals surface area contributed by atoms with Crippen LogP contribution in [-0.2, 0) is 33.4 Å². The molecule has 1 rings (SSSR count). The van der Waals surface area contributed by atoms with E-state index in [2.05, 4.69) is 11.9 Å². The van der Waals surface area contributed by atoms with Crippen molar-refractivity contribution in [3.63, 3.8) is 0 Å². The van der Waals surface area contributed by atoms with Crippen molar-refractivity contribution in [2.24, 2.45) is 0 Å². The van der Waals surface area contributed by atoms with Gasteiger partial charge in [-0.15, -0.1) is 0 Å². The summed E-state index contributed by atoms with van der Waals surface area (Å²) in [6.45, 7) is 19.3. The molecule has 0 atom stereocenters. The SMILES string of the molecule is C#N.CC(C)(C)OC(=O)CCC(CCC(=O)OC(C)(C)C)(CCC(=O)OC(C)(C)C)NC(=O)CCC(=O)c1ccccc1. The molecule has 0 spiro atoms. The molecular formula is C33H50N2O8. The Labute approximate surface area is 256 Å². The molecule has 0 saturated heterocycles. The molecule has 240 valence electrons. The van der Waals surface area contributed by atoms with Crippen molar-refractivity contribution < 1.29 is 38.2 Å². The Kier molecular flexibility index (Phi) is 15.9. The van der Waals surface area contributed by atoms with Gasteiger partial charge in [-0.1, -0.05) is 30.3 Å². The smallest absolute Gasteiger partial charge is 0.306 e. The Hall–Kier alpha value is -3.74. The Morgan fingerprint density at radius 2 is 0.953 bits per heavy atom. The molecule has 1 aromatic carbocycles. The highest BCUT2D eigenvalue weighted by atomic mass is 16.6. The molecular weight excluding hydrogens is 552 g/mol. The maximum absolute atomic E-state index is 13.2. The number of carbonyl (C=O) groups excluding carboxylic acids is 5. The molecule has 1 aromatic rings. The zero-order valence-electron chi connectivity index (χ0n) is 27.3. The van der Waals surface area contributed by atoms with Crippen LogP contribution in [0, 0.1) is 11.8 Å². The van der Waals surface area contributed by atoms with E-state index in [0.29, 0.717) is 5.56 Å². The molecule has 0 bridgehead atoms. The first-order chi connectivity index (χ1) is 19.7. The van der Waals surface area contributed by atoms with E-state index in [9.17, 15) is 24.0 Å². The van der Waals surface area contributed by atoms with Gasteiger partial charge in [-0.25, -0.2) is 5.26 Å². The fraction of sp³-hybridized carbons (Fsp3) is 0.636. The highest BCUT2D eigenvalue weighted by Gasteiger charge is 2.35. The third kappa shape index (κ3) is 19.1. The predicted molar refractivity (Wildman–Crippen MR) is 163 cm³/mol. The molecule has 0 aliphatic rings. The Morgan fingerprint density at radius 1 is 0.605 bits per heavy atom. The molecule has 1 amide bonds. The summed E-state index contributed by atoms with van der Waals surface area (Å²) in [5.41, 5.74) is -2.72. The lowest BCUT2D eigenvalue weighted by atomic mass is 9.83. The molecule has 0 aliphatic carbocycles. The van der Waals surface area contributed by atoms with E-state index in [0.717, 1.165) is 0 Å². The summed E-state index contributed by atoms with van der Waals surface area (Å²) in [6.07, 6.45) is 0.0793. The molecule has 0 fully saturated rings. The van der Waals surface area contributed by atoms with Crippen molar-refractivity contribution in [3.05, 3.63) is 35.9 Å². The van der Waals surface area contributed by atoms with E-state index >= 15 is 0 Å². The van der Waals surface area contributed by atoms with E-state index < -0.39 is 46.2 Å². The fourth-order valence-corrected chi connectivity index (χ4v) is 4.12. The van der Waals surface area contributed by atoms with Gasteiger partial charge in [0.15, 0.2) is 5.78 Å². The second kappa shape index (κ2) is 17.4. The van der Waals surface area contributed by atoms with Crippen LogP contribution in [0.1, 0.15) is 124 Å². The van der Waals surface area contributed by atoms with Crippen LogP contribution < -0.4 is 5.32 Å². The number of hydrogen-bond acceptors (Lipinski definition) is 9. The summed E-state index contributed by atoms with van der Waals surface area (Å²) < 4.78 is 16.4. The Morgan fingerprint density at radius 3 is 1.28 bits per heavy atom. The summed E-state index contributed by atoms with van der Waals surface area (Å²) in [4.78, 5) is 63.8. The van der Waals surface area contributed by atoms with E-state index in [1.54, 1.807) is 92.6 Å². The maximum Gasteiger partial charge on any atom is 0.306 e. The number of hydrogen-bond donors (Lipinski definition) is 1. The van der Waals surface area contributed by atoms with Crippen LogP contribution in [0.25, 0.3) is 0 Å². The lowest BCUT2D eigenvalue weighted by molar-refractivity contribution is -0.155. The number of esters is 3. The normalized spacial score (nSPS) is 11.8. The average Bonchev–Trinajstić information content (AvgIpc) is 2.87. The summed E-state index contributed by atoms with van der Waals surface area (Å²) >= 11 is 0. The molecule has 0 aromatic heterocycles. The van der Waals surface area contributed by atoms with E-state index in [1.807, 2.05) is 0 Å². The van der Waals surface area contributed by atoms with Gasteiger partial charge >= 0.3 is 17.9 Å². The predicted octanol–water partition coefficient (Wildman–Crippen LogP) is 6.01. The van der Waals surface area contributed by atoms with Crippen molar-refractivity contribution in [1.29, 1.82) is 5.26 Å². The lowest BCUT2D eigenvalue weighted by Gasteiger charge is -2.36. The quantitative estimate of drug-likeness (QED) is 0.153. The van der Waals surface area contributed by atoms with Crippen molar-refractivity contribution >= 4 is 29.6 Å². The van der Waals surface area contributed by atoms with E-state index in [1.165, 1.54) is 0 Å². The second-order valence-corrected chi connectivity index (χ2v) is 13.4. The van der Waals surface area contributed by atoms with E-state index in [-0.39, 0.29) is 57.1 Å². The summed E-state index contributed by atoms with van der Waals surface area (Å²) in [5.74, 6) is -2.01. The maximum atomic E-state index is 13.2. The number of carbonyl (C=O) groups is 5. The van der Waals surface area contributed by atoms with Crippen LogP contribution in [0.4, 0.5) is 0 Å².